The van der Waals surface area contributed by atoms with Crippen molar-refractivity contribution in [2.24, 2.45) is 11.8 Å². The van der Waals surface area contributed by atoms with Crippen LogP contribution in [0.1, 0.15) is 45.1 Å². The second-order valence-corrected chi connectivity index (χ2v) is 5.74. The quantitative estimate of drug-likeness (QED) is 0.845. The maximum atomic E-state index is 13.2. The summed E-state index contributed by atoms with van der Waals surface area (Å²) >= 11 is 0. The fourth-order valence-electron chi connectivity index (χ4n) is 2.86. The molecule has 1 aromatic carbocycles. The molecule has 1 aromatic rings. The van der Waals surface area contributed by atoms with Gasteiger partial charge in [-0.1, -0.05) is 19.9 Å². The molecule has 0 atom stereocenters. The third-order valence-electron chi connectivity index (χ3n) is 4.26. The lowest BCUT2D eigenvalue weighted by molar-refractivity contribution is -0.0202. The van der Waals surface area contributed by atoms with Gasteiger partial charge in [-0.3, -0.25) is 0 Å². The number of rotatable bonds is 2. The number of hydrogen-bond acceptors (Lipinski definition) is 1. The summed E-state index contributed by atoms with van der Waals surface area (Å²) in [5.41, 5.74) is -0.483. The molecule has 0 aliphatic heterocycles. The van der Waals surface area contributed by atoms with Crippen molar-refractivity contribution < 1.29 is 13.9 Å². The lowest BCUT2D eigenvalue weighted by Gasteiger charge is -2.38. The minimum Gasteiger partial charge on any atom is -0.385 e. The number of benzene rings is 1. The van der Waals surface area contributed by atoms with Gasteiger partial charge in [-0.25, -0.2) is 8.78 Å². The van der Waals surface area contributed by atoms with Crippen molar-refractivity contribution in [3.8, 4) is 0 Å². The highest BCUT2D eigenvalue weighted by Gasteiger charge is 2.35. The van der Waals surface area contributed by atoms with E-state index < -0.39 is 17.2 Å². The lowest BCUT2D eigenvalue weighted by Crippen LogP contribution is -2.33. The van der Waals surface area contributed by atoms with E-state index in [-0.39, 0.29) is 0 Å². The van der Waals surface area contributed by atoms with Gasteiger partial charge in [0.05, 0.1) is 5.60 Å². The Bertz CT molecular complexity index is 421. The molecule has 0 unspecified atom stereocenters. The van der Waals surface area contributed by atoms with Crippen molar-refractivity contribution in [3.63, 3.8) is 0 Å². The number of halogens is 2. The monoisotopic (exact) mass is 254 g/mol. The molecule has 0 radical (unpaired) electrons. The summed E-state index contributed by atoms with van der Waals surface area (Å²) < 4.78 is 26.1. The fourth-order valence-corrected chi connectivity index (χ4v) is 2.86. The molecule has 3 heteroatoms. The molecule has 0 saturated heterocycles. The Labute approximate surface area is 107 Å². The van der Waals surface area contributed by atoms with E-state index in [1.54, 1.807) is 0 Å². The third kappa shape index (κ3) is 2.56. The van der Waals surface area contributed by atoms with Gasteiger partial charge in [0, 0.05) is 0 Å². The first kappa shape index (κ1) is 13.5. The van der Waals surface area contributed by atoms with Crippen LogP contribution in [-0.2, 0) is 5.60 Å². The van der Waals surface area contributed by atoms with Crippen molar-refractivity contribution in [3.05, 3.63) is 35.4 Å². The standard InChI is InChI=1S/C15H20F2O/c1-10(2)11-5-7-15(18,8-6-11)12-3-4-13(16)14(17)9-12/h3-4,9-11,18H,5-8H2,1-2H3. The summed E-state index contributed by atoms with van der Waals surface area (Å²) in [5.74, 6) is -0.514. The second-order valence-electron chi connectivity index (χ2n) is 5.74. The molecule has 100 valence electrons. The Morgan fingerprint density at radius 1 is 1.17 bits per heavy atom. The largest absolute Gasteiger partial charge is 0.385 e. The molecule has 1 N–H and O–H groups in total. The van der Waals surface area contributed by atoms with Gasteiger partial charge < -0.3 is 5.11 Å². The zero-order chi connectivity index (χ0) is 13.3. The van der Waals surface area contributed by atoms with Crippen LogP contribution in [0.15, 0.2) is 18.2 Å². The average molecular weight is 254 g/mol. The lowest BCUT2D eigenvalue weighted by atomic mass is 9.72. The highest BCUT2D eigenvalue weighted by atomic mass is 19.2. The van der Waals surface area contributed by atoms with E-state index in [9.17, 15) is 13.9 Å². The minimum absolute atomic E-state index is 0.503. The molecule has 0 bridgehead atoms. The maximum Gasteiger partial charge on any atom is 0.159 e. The third-order valence-corrected chi connectivity index (χ3v) is 4.26. The predicted molar refractivity (Wildman–Crippen MR) is 67.1 cm³/mol. The van der Waals surface area contributed by atoms with Gasteiger partial charge in [0.2, 0.25) is 0 Å². The van der Waals surface area contributed by atoms with Crippen LogP contribution in [0.4, 0.5) is 8.78 Å². The Balaban J connectivity index is 2.15. The number of hydrogen-bond donors (Lipinski definition) is 1. The summed E-state index contributed by atoms with van der Waals surface area (Å²) in [6.07, 6.45) is 3.13. The summed E-state index contributed by atoms with van der Waals surface area (Å²) in [4.78, 5) is 0. The highest BCUT2D eigenvalue weighted by Crippen LogP contribution is 2.41. The van der Waals surface area contributed by atoms with Gasteiger partial charge in [0.25, 0.3) is 0 Å². The SMILES string of the molecule is CC(C)C1CCC(O)(c2ccc(F)c(F)c2)CC1. The molecule has 1 nitrogen and oxygen atoms in total. The molecule has 0 heterocycles. The normalized spacial score (nSPS) is 28.7. The van der Waals surface area contributed by atoms with Crippen molar-refractivity contribution in [2.75, 3.05) is 0 Å². The van der Waals surface area contributed by atoms with Crippen LogP contribution in [0.3, 0.4) is 0 Å². The molecule has 0 spiro atoms. The van der Waals surface area contributed by atoms with Crippen LogP contribution in [0.25, 0.3) is 0 Å². The second kappa shape index (κ2) is 4.96. The predicted octanol–water partition coefficient (Wildman–Crippen LogP) is 4.00. The Morgan fingerprint density at radius 3 is 2.28 bits per heavy atom. The van der Waals surface area contributed by atoms with Gasteiger partial charge in [0.15, 0.2) is 11.6 Å². The summed E-state index contributed by atoms with van der Waals surface area (Å²) in [6, 6.07) is 3.72. The van der Waals surface area contributed by atoms with Crippen LogP contribution >= 0.6 is 0 Å². The molecule has 1 aliphatic carbocycles. The fraction of sp³-hybridized carbons (Fsp3) is 0.600. The van der Waals surface area contributed by atoms with Crippen LogP contribution < -0.4 is 0 Å². The Morgan fingerprint density at radius 2 is 1.78 bits per heavy atom. The van der Waals surface area contributed by atoms with E-state index in [0.29, 0.717) is 30.2 Å². The first-order valence-corrected chi connectivity index (χ1v) is 6.60. The van der Waals surface area contributed by atoms with Crippen molar-refractivity contribution in [1.82, 2.24) is 0 Å². The zero-order valence-corrected chi connectivity index (χ0v) is 10.9. The zero-order valence-electron chi connectivity index (χ0n) is 10.9. The Kier molecular flexibility index (Phi) is 3.71. The van der Waals surface area contributed by atoms with Crippen LogP contribution in [0, 0.1) is 23.5 Å². The van der Waals surface area contributed by atoms with Gasteiger partial charge in [-0.05, 0) is 55.2 Å². The van der Waals surface area contributed by atoms with Gasteiger partial charge >= 0.3 is 0 Å². The highest BCUT2D eigenvalue weighted by molar-refractivity contribution is 5.24. The van der Waals surface area contributed by atoms with E-state index in [4.69, 9.17) is 0 Å². The van der Waals surface area contributed by atoms with E-state index in [1.807, 2.05) is 0 Å². The molecule has 1 fully saturated rings. The molecular weight excluding hydrogens is 234 g/mol. The Hall–Kier alpha value is -0.960. The van der Waals surface area contributed by atoms with Gasteiger partial charge in [0.1, 0.15) is 0 Å². The summed E-state index contributed by atoms with van der Waals surface area (Å²) in [6.45, 7) is 4.37. The van der Waals surface area contributed by atoms with Crippen molar-refractivity contribution in [2.45, 2.75) is 45.1 Å². The van der Waals surface area contributed by atoms with E-state index >= 15 is 0 Å². The molecule has 18 heavy (non-hydrogen) atoms. The van der Waals surface area contributed by atoms with Crippen molar-refractivity contribution >= 4 is 0 Å². The molecule has 1 aliphatic rings. The molecule has 0 aromatic heterocycles. The van der Waals surface area contributed by atoms with E-state index in [0.717, 1.165) is 25.0 Å². The molecule has 2 rings (SSSR count). The van der Waals surface area contributed by atoms with Crippen LogP contribution in [-0.4, -0.2) is 5.11 Å². The van der Waals surface area contributed by atoms with Gasteiger partial charge in [-0.15, -0.1) is 0 Å². The van der Waals surface area contributed by atoms with Gasteiger partial charge in [-0.2, -0.15) is 0 Å². The van der Waals surface area contributed by atoms with E-state index in [2.05, 4.69) is 13.8 Å². The van der Waals surface area contributed by atoms with Crippen LogP contribution in [0.2, 0.25) is 0 Å². The first-order valence-electron chi connectivity index (χ1n) is 6.60. The smallest absolute Gasteiger partial charge is 0.159 e. The van der Waals surface area contributed by atoms with Crippen LogP contribution in [0.5, 0.6) is 0 Å². The molecule has 0 amide bonds. The molecule has 1 saturated carbocycles. The molecular formula is C15H20F2O. The van der Waals surface area contributed by atoms with E-state index in [1.165, 1.54) is 6.07 Å². The summed E-state index contributed by atoms with van der Waals surface area (Å²) in [7, 11) is 0. The number of aliphatic hydroxyl groups is 1. The average Bonchev–Trinajstić information content (AvgIpc) is 2.33. The minimum atomic E-state index is -0.986. The first-order chi connectivity index (χ1) is 8.42. The van der Waals surface area contributed by atoms with Crippen molar-refractivity contribution in [1.29, 1.82) is 0 Å². The topological polar surface area (TPSA) is 20.2 Å². The summed E-state index contributed by atoms with van der Waals surface area (Å²) in [5, 5.41) is 10.6. The maximum absolute atomic E-state index is 13.2.